The van der Waals surface area contributed by atoms with Crippen molar-refractivity contribution < 1.29 is 4.21 Å². The fraction of sp³-hybridized carbons (Fsp3) is 0.538. The lowest BCUT2D eigenvalue weighted by atomic mass is 9.86. The van der Waals surface area contributed by atoms with Gasteiger partial charge in [-0.2, -0.15) is 0 Å². The van der Waals surface area contributed by atoms with E-state index in [1.165, 1.54) is 24.0 Å². The summed E-state index contributed by atoms with van der Waals surface area (Å²) in [5.74, 6) is 0.632. The highest BCUT2D eigenvalue weighted by Crippen LogP contribution is 2.31. The van der Waals surface area contributed by atoms with Gasteiger partial charge in [-0.1, -0.05) is 24.3 Å². The average Bonchev–Trinajstić information content (AvgIpc) is 2.39. The Kier molecular flexibility index (Phi) is 4.02. The Hall–Kier alpha value is -0.800. The molecule has 0 radical (unpaired) electrons. The van der Waals surface area contributed by atoms with Crippen LogP contribution >= 0.6 is 0 Å². The molecule has 1 aliphatic rings. The number of hydrogen-bond acceptors (Lipinski definition) is 2. The molecule has 0 amide bonds. The molecule has 0 spiro atoms. The third-order valence-electron chi connectivity index (χ3n) is 3.36. The van der Waals surface area contributed by atoms with Gasteiger partial charge in [0.1, 0.15) is 0 Å². The molecule has 16 heavy (non-hydrogen) atoms. The summed E-state index contributed by atoms with van der Waals surface area (Å²) in [5.41, 5.74) is 2.62. The molecule has 2 rings (SSSR count). The van der Waals surface area contributed by atoms with Gasteiger partial charge >= 0.3 is 11.7 Å². The summed E-state index contributed by atoms with van der Waals surface area (Å²) in [6.07, 6.45) is 2.38. The van der Waals surface area contributed by atoms with Gasteiger partial charge in [0.05, 0.1) is 0 Å². The molecule has 3 heteroatoms. The van der Waals surface area contributed by atoms with Gasteiger partial charge in [0.2, 0.25) is 0 Å². The second kappa shape index (κ2) is 5.51. The number of piperidine rings is 1. The van der Waals surface area contributed by atoms with Crippen LogP contribution in [0.2, 0.25) is 0 Å². The van der Waals surface area contributed by atoms with Crippen LogP contribution in [0, 0.1) is 0 Å². The zero-order valence-electron chi connectivity index (χ0n) is 9.61. The zero-order valence-corrected chi connectivity index (χ0v) is 10.4. The molecule has 1 aromatic rings. The van der Waals surface area contributed by atoms with Crippen molar-refractivity contribution in [3.05, 3.63) is 35.4 Å². The minimum Gasteiger partial charge on any atom is -0.317 e. The summed E-state index contributed by atoms with van der Waals surface area (Å²) < 4.78 is 11.0. The van der Waals surface area contributed by atoms with Crippen LogP contribution in [0.4, 0.5) is 0 Å². The van der Waals surface area contributed by atoms with Crippen molar-refractivity contribution >= 4 is 11.7 Å². The van der Waals surface area contributed by atoms with Crippen molar-refractivity contribution in [1.29, 1.82) is 0 Å². The fourth-order valence-corrected chi connectivity index (χ4v) is 2.76. The van der Waals surface area contributed by atoms with Crippen LogP contribution in [-0.4, -0.2) is 13.1 Å². The molecule has 1 fully saturated rings. The van der Waals surface area contributed by atoms with Gasteiger partial charge < -0.3 is 5.32 Å². The first-order chi connectivity index (χ1) is 7.83. The maximum Gasteiger partial charge on any atom is 0.466 e. The van der Waals surface area contributed by atoms with E-state index in [-0.39, 0.29) is 5.25 Å². The first kappa shape index (κ1) is 11.7. The van der Waals surface area contributed by atoms with E-state index < -0.39 is 0 Å². The van der Waals surface area contributed by atoms with Crippen LogP contribution in [0.25, 0.3) is 0 Å². The second-order valence-corrected chi connectivity index (χ2v) is 5.29. The minimum atomic E-state index is 0.0612. The van der Waals surface area contributed by atoms with Crippen LogP contribution in [-0.2, 0) is 15.9 Å². The molecule has 0 saturated carbocycles. The predicted octanol–water partition coefficient (Wildman–Crippen LogP) is 2.64. The maximum absolute atomic E-state index is 11.0. The van der Waals surface area contributed by atoms with E-state index in [2.05, 4.69) is 23.5 Å². The highest BCUT2D eigenvalue weighted by atomic mass is 32.1. The molecule has 1 N–H and O–H groups in total. The van der Waals surface area contributed by atoms with E-state index in [4.69, 9.17) is 0 Å². The highest BCUT2D eigenvalue weighted by molar-refractivity contribution is 7.65. The lowest BCUT2D eigenvalue weighted by Gasteiger charge is -2.24. The third kappa shape index (κ3) is 2.47. The molecular weight excluding hydrogens is 218 g/mol. The number of hydrogen-bond donors (Lipinski definition) is 1. The van der Waals surface area contributed by atoms with Gasteiger partial charge in [-0.15, -0.1) is 0 Å². The third-order valence-corrected chi connectivity index (χ3v) is 3.90. The van der Waals surface area contributed by atoms with Crippen molar-refractivity contribution in [2.45, 2.75) is 30.9 Å². The van der Waals surface area contributed by atoms with Crippen LogP contribution in [0.15, 0.2) is 24.3 Å². The SMILES string of the molecule is CC([S+]=O)c1ccccc1C1CCNCC1. The lowest BCUT2D eigenvalue weighted by molar-refractivity contribution is 0.458. The van der Waals surface area contributed by atoms with E-state index >= 15 is 0 Å². The van der Waals surface area contributed by atoms with Crippen molar-refractivity contribution in [2.24, 2.45) is 0 Å². The molecule has 1 atom stereocenters. The number of benzene rings is 1. The summed E-state index contributed by atoms with van der Waals surface area (Å²) in [5, 5.41) is 3.44. The average molecular weight is 236 g/mol. The summed E-state index contributed by atoms with van der Waals surface area (Å²) in [6.45, 7) is 4.19. The van der Waals surface area contributed by atoms with Gasteiger partial charge in [-0.25, -0.2) is 0 Å². The second-order valence-electron chi connectivity index (χ2n) is 4.39. The van der Waals surface area contributed by atoms with E-state index in [0.717, 1.165) is 13.1 Å². The highest BCUT2D eigenvalue weighted by Gasteiger charge is 2.25. The van der Waals surface area contributed by atoms with Crippen LogP contribution < -0.4 is 5.32 Å². The quantitative estimate of drug-likeness (QED) is 0.817. The van der Waals surface area contributed by atoms with Gasteiger partial charge in [-0.3, -0.25) is 0 Å². The Morgan fingerprint density at radius 1 is 1.31 bits per heavy atom. The van der Waals surface area contributed by atoms with Crippen molar-refractivity contribution in [2.75, 3.05) is 13.1 Å². The van der Waals surface area contributed by atoms with Crippen LogP contribution in [0.3, 0.4) is 0 Å². The molecule has 0 bridgehead atoms. The van der Waals surface area contributed by atoms with Crippen molar-refractivity contribution in [3.8, 4) is 0 Å². The lowest BCUT2D eigenvalue weighted by Crippen LogP contribution is -2.27. The topological polar surface area (TPSA) is 29.1 Å². The van der Waals surface area contributed by atoms with E-state index in [1.807, 2.05) is 13.0 Å². The molecule has 0 aliphatic carbocycles. The van der Waals surface area contributed by atoms with Crippen LogP contribution in [0.1, 0.15) is 42.1 Å². The maximum atomic E-state index is 11.0. The number of nitrogens with one attached hydrogen (secondary N) is 1. The Labute approximate surface area is 101 Å². The van der Waals surface area contributed by atoms with E-state index in [0.29, 0.717) is 17.6 Å². The first-order valence-corrected chi connectivity index (χ1v) is 6.71. The van der Waals surface area contributed by atoms with E-state index in [1.54, 1.807) is 0 Å². The van der Waals surface area contributed by atoms with Gasteiger partial charge in [0.25, 0.3) is 5.25 Å². The molecule has 86 valence electrons. The van der Waals surface area contributed by atoms with E-state index in [9.17, 15) is 4.21 Å². The fourth-order valence-electron chi connectivity index (χ4n) is 2.44. The van der Waals surface area contributed by atoms with Crippen LogP contribution in [0.5, 0.6) is 0 Å². The first-order valence-electron chi connectivity index (χ1n) is 5.91. The molecule has 0 aromatic heterocycles. The standard InChI is InChI=1S/C13H18NOS/c1-10(16-15)12-4-2-3-5-13(12)11-6-8-14-9-7-11/h2-5,10-11,14H,6-9H2,1H3/q+1. The van der Waals surface area contributed by atoms with Crippen molar-refractivity contribution in [1.82, 2.24) is 5.32 Å². The Bertz CT molecular complexity index is 361. The Balaban J connectivity index is 2.27. The van der Waals surface area contributed by atoms with Gasteiger partial charge in [0.15, 0.2) is 0 Å². The normalized spacial score (nSPS) is 19.3. The largest absolute Gasteiger partial charge is 0.466 e. The minimum absolute atomic E-state index is 0.0612. The molecule has 1 unspecified atom stereocenters. The summed E-state index contributed by atoms with van der Waals surface area (Å²) in [6, 6.07) is 8.42. The smallest absolute Gasteiger partial charge is 0.317 e. The molecule has 2 nitrogen and oxygen atoms in total. The zero-order chi connectivity index (χ0) is 11.4. The Morgan fingerprint density at radius 2 is 2.00 bits per heavy atom. The predicted molar refractivity (Wildman–Crippen MR) is 67.8 cm³/mol. The van der Waals surface area contributed by atoms with Gasteiger partial charge in [0, 0.05) is 16.7 Å². The molecule has 1 heterocycles. The summed E-state index contributed by atoms with van der Waals surface area (Å²) in [7, 11) is 0. The molecule has 1 aromatic carbocycles. The Morgan fingerprint density at radius 3 is 2.69 bits per heavy atom. The molecule has 1 aliphatic heterocycles. The monoisotopic (exact) mass is 236 g/mol. The molecular formula is C13H18NOS+. The van der Waals surface area contributed by atoms with Crippen molar-refractivity contribution in [3.63, 3.8) is 0 Å². The summed E-state index contributed by atoms with van der Waals surface area (Å²) >= 11 is 0.690. The summed E-state index contributed by atoms with van der Waals surface area (Å²) in [4.78, 5) is 0. The number of rotatable bonds is 3. The molecule has 1 saturated heterocycles. The van der Waals surface area contributed by atoms with Gasteiger partial charge in [-0.05, 0) is 37.4 Å².